The van der Waals surface area contributed by atoms with E-state index in [9.17, 15) is 10.1 Å². The second-order valence-electron chi connectivity index (χ2n) is 6.52. The van der Waals surface area contributed by atoms with Crippen LogP contribution in [0.2, 0.25) is 0 Å². The maximum Gasteiger partial charge on any atom is 0.230 e. The first-order chi connectivity index (χ1) is 13.6. The van der Waals surface area contributed by atoms with E-state index in [2.05, 4.69) is 16.4 Å². The van der Waals surface area contributed by atoms with Crippen LogP contribution < -0.4 is 5.32 Å². The van der Waals surface area contributed by atoms with Crippen molar-refractivity contribution in [2.45, 2.75) is 24.9 Å². The first-order valence-corrected chi connectivity index (χ1v) is 10.0. The summed E-state index contributed by atoms with van der Waals surface area (Å²) in [5, 5.41) is 12.9. The van der Waals surface area contributed by atoms with Crippen LogP contribution in [0.3, 0.4) is 0 Å². The summed E-state index contributed by atoms with van der Waals surface area (Å²) in [5.74, 6) is 0.115. The molecule has 5 heteroatoms. The third-order valence-corrected chi connectivity index (χ3v) is 5.34. The average molecular weight is 388 g/mol. The monoisotopic (exact) mass is 387 g/mol. The number of hydrogen-bond donors (Lipinski definition) is 1. The minimum Gasteiger partial charge on any atom is -0.349 e. The van der Waals surface area contributed by atoms with E-state index in [1.54, 1.807) is 6.07 Å². The topological polar surface area (TPSA) is 65.8 Å². The van der Waals surface area contributed by atoms with Gasteiger partial charge in [-0.15, -0.1) is 0 Å². The smallest absolute Gasteiger partial charge is 0.230 e. The minimum absolute atomic E-state index is 0.0726. The Labute approximate surface area is 169 Å². The van der Waals surface area contributed by atoms with Crippen molar-refractivity contribution in [3.8, 4) is 17.3 Å². The summed E-state index contributed by atoms with van der Waals surface area (Å²) in [5.41, 5.74) is 4.48. The highest BCUT2D eigenvalue weighted by atomic mass is 32.2. The number of hydrogen-bond acceptors (Lipinski definition) is 4. The van der Waals surface area contributed by atoms with Gasteiger partial charge in [0.15, 0.2) is 0 Å². The molecule has 0 saturated carbocycles. The van der Waals surface area contributed by atoms with E-state index in [0.717, 1.165) is 16.8 Å². The predicted octanol–water partition coefficient (Wildman–Crippen LogP) is 4.90. The normalized spacial score (nSPS) is 11.5. The molecule has 1 N–H and O–H groups in total. The van der Waals surface area contributed by atoms with Crippen LogP contribution in [-0.4, -0.2) is 16.6 Å². The van der Waals surface area contributed by atoms with Crippen LogP contribution in [-0.2, 0) is 4.79 Å². The summed E-state index contributed by atoms with van der Waals surface area (Å²) >= 11 is 1.28. The quantitative estimate of drug-likeness (QED) is 0.611. The molecule has 0 aliphatic carbocycles. The predicted molar refractivity (Wildman–Crippen MR) is 113 cm³/mol. The number of nitriles is 1. The molecule has 0 aliphatic heterocycles. The lowest BCUT2D eigenvalue weighted by molar-refractivity contribution is -0.119. The molecule has 1 aromatic heterocycles. The van der Waals surface area contributed by atoms with Gasteiger partial charge in [-0.05, 0) is 31.5 Å². The fourth-order valence-electron chi connectivity index (χ4n) is 2.76. The molecule has 0 radical (unpaired) electrons. The summed E-state index contributed by atoms with van der Waals surface area (Å²) in [6.45, 7) is 3.99. The summed E-state index contributed by atoms with van der Waals surface area (Å²) in [6, 6.07) is 23.6. The molecule has 3 aromatic rings. The van der Waals surface area contributed by atoms with Crippen molar-refractivity contribution in [3.63, 3.8) is 0 Å². The van der Waals surface area contributed by atoms with Gasteiger partial charge in [-0.25, -0.2) is 4.98 Å². The zero-order chi connectivity index (χ0) is 19.9. The Kier molecular flexibility index (Phi) is 6.46. The van der Waals surface area contributed by atoms with E-state index >= 15 is 0 Å². The maximum atomic E-state index is 12.3. The number of thioether (sulfide) groups is 1. The van der Waals surface area contributed by atoms with Crippen molar-refractivity contribution in [1.29, 1.82) is 5.26 Å². The van der Waals surface area contributed by atoms with Crippen molar-refractivity contribution >= 4 is 17.7 Å². The largest absolute Gasteiger partial charge is 0.349 e. The Balaban J connectivity index is 1.69. The molecular weight excluding hydrogens is 366 g/mol. The van der Waals surface area contributed by atoms with Crippen molar-refractivity contribution in [2.24, 2.45) is 0 Å². The molecule has 140 valence electrons. The van der Waals surface area contributed by atoms with Gasteiger partial charge in [0.05, 0.1) is 23.1 Å². The maximum absolute atomic E-state index is 12.3. The van der Waals surface area contributed by atoms with Crippen molar-refractivity contribution < 1.29 is 4.79 Å². The highest BCUT2D eigenvalue weighted by molar-refractivity contribution is 8.00. The van der Waals surface area contributed by atoms with Crippen LogP contribution >= 0.6 is 11.8 Å². The fraction of sp³-hybridized carbons (Fsp3) is 0.174. The Morgan fingerprint density at radius 1 is 1.11 bits per heavy atom. The number of carbonyl (C=O) groups excluding carboxylic acids is 1. The molecule has 1 amide bonds. The van der Waals surface area contributed by atoms with Crippen LogP contribution in [0.25, 0.3) is 11.3 Å². The molecule has 4 nitrogen and oxygen atoms in total. The molecule has 0 fully saturated rings. The molecule has 28 heavy (non-hydrogen) atoms. The molecule has 0 bridgehead atoms. The number of nitrogens with one attached hydrogen (secondary N) is 1. The minimum atomic E-state index is -0.0900. The zero-order valence-electron chi connectivity index (χ0n) is 15.8. The molecule has 0 aliphatic rings. The highest BCUT2D eigenvalue weighted by Gasteiger charge is 2.13. The van der Waals surface area contributed by atoms with Gasteiger partial charge in [0.2, 0.25) is 5.91 Å². The molecule has 1 heterocycles. The highest BCUT2D eigenvalue weighted by Crippen LogP contribution is 2.25. The summed E-state index contributed by atoms with van der Waals surface area (Å²) in [4.78, 5) is 17.0. The van der Waals surface area contributed by atoms with Gasteiger partial charge in [-0.3, -0.25) is 4.79 Å². The average Bonchev–Trinajstić information content (AvgIpc) is 2.73. The van der Waals surface area contributed by atoms with Crippen molar-refractivity contribution in [3.05, 3.63) is 83.4 Å². The first kappa shape index (κ1) is 19.7. The van der Waals surface area contributed by atoms with Crippen LogP contribution in [0, 0.1) is 18.3 Å². The Morgan fingerprint density at radius 3 is 2.50 bits per heavy atom. The van der Waals surface area contributed by atoms with Gasteiger partial charge in [-0.2, -0.15) is 5.26 Å². The molecule has 2 aromatic carbocycles. The van der Waals surface area contributed by atoms with Crippen LogP contribution in [0.1, 0.15) is 29.7 Å². The number of pyridine rings is 1. The Hall–Kier alpha value is -3.10. The number of benzene rings is 2. The van der Waals surface area contributed by atoms with Crippen LogP contribution in [0.5, 0.6) is 0 Å². The standard InChI is InChI=1S/C23H21N3OS/c1-16-8-10-19(11-9-16)21-13-12-20(14-24)23(26-21)28-15-22(27)25-17(2)18-6-4-3-5-7-18/h3-13,17H,15H2,1-2H3,(H,25,27)/t17-/m1/s1. The van der Waals surface area contributed by atoms with Crippen molar-refractivity contribution in [2.75, 3.05) is 5.75 Å². The van der Waals surface area contributed by atoms with Gasteiger partial charge in [0.1, 0.15) is 11.1 Å². The van der Waals surface area contributed by atoms with E-state index in [4.69, 9.17) is 0 Å². The molecule has 0 saturated heterocycles. The van der Waals surface area contributed by atoms with Crippen LogP contribution in [0.15, 0.2) is 71.8 Å². The molecule has 0 spiro atoms. The summed E-state index contributed by atoms with van der Waals surface area (Å²) in [6.07, 6.45) is 0. The third kappa shape index (κ3) is 4.99. The van der Waals surface area contributed by atoms with E-state index in [0.29, 0.717) is 10.6 Å². The number of nitrogens with zero attached hydrogens (tertiary/aromatic N) is 2. The fourth-order valence-corrected chi connectivity index (χ4v) is 3.55. The summed E-state index contributed by atoms with van der Waals surface area (Å²) in [7, 11) is 0. The molecule has 3 rings (SSSR count). The van der Waals surface area contributed by atoms with E-state index in [-0.39, 0.29) is 17.7 Å². The number of rotatable bonds is 6. The lowest BCUT2D eigenvalue weighted by Gasteiger charge is -2.14. The number of aromatic nitrogens is 1. The van der Waals surface area contributed by atoms with Gasteiger partial charge < -0.3 is 5.32 Å². The number of carbonyl (C=O) groups is 1. The molecule has 1 atom stereocenters. The van der Waals surface area contributed by atoms with Gasteiger partial charge in [0, 0.05) is 5.56 Å². The van der Waals surface area contributed by atoms with E-state index in [1.807, 2.05) is 74.5 Å². The Bertz CT molecular complexity index is 995. The molecular formula is C23H21N3OS. The molecule has 0 unspecified atom stereocenters. The Morgan fingerprint density at radius 2 is 1.82 bits per heavy atom. The van der Waals surface area contributed by atoms with E-state index in [1.165, 1.54) is 17.3 Å². The van der Waals surface area contributed by atoms with Gasteiger partial charge in [-0.1, -0.05) is 71.9 Å². The van der Waals surface area contributed by atoms with Crippen LogP contribution in [0.4, 0.5) is 0 Å². The third-order valence-electron chi connectivity index (χ3n) is 4.35. The number of aryl methyl sites for hydroxylation is 1. The first-order valence-electron chi connectivity index (χ1n) is 9.02. The van der Waals surface area contributed by atoms with E-state index < -0.39 is 0 Å². The lowest BCUT2D eigenvalue weighted by atomic mass is 10.1. The van der Waals surface area contributed by atoms with Gasteiger partial charge >= 0.3 is 0 Å². The van der Waals surface area contributed by atoms with Crippen molar-refractivity contribution in [1.82, 2.24) is 10.3 Å². The second-order valence-corrected chi connectivity index (χ2v) is 7.48. The number of amides is 1. The zero-order valence-corrected chi connectivity index (χ0v) is 16.7. The lowest BCUT2D eigenvalue weighted by Crippen LogP contribution is -2.28. The van der Waals surface area contributed by atoms with Gasteiger partial charge in [0.25, 0.3) is 0 Å². The summed E-state index contributed by atoms with van der Waals surface area (Å²) < 4.78 is 0. The second kappa shape index (κ2) is 9.20. The SMILES string of the molecule is Cc1ccc(-c2ccc(C#N)c(SCC(=O)N[C@H](C)c3ccccc3)n2)cc1.